The second kappa shape index (κ2) is 5.24. The molecule has 1 aromatic rings. The highest BCUT2D eigenvalue weighted by Gasteiger charge is 2.27. The van der Waals surface area contributed by atoms with E-state index in [0.29, 0.717) is 25.1 Å². The van der Waals surface area contributed by atoms with Crippen LogP contribution in [0.25, 0.3) is 0 Å². The lowest BCUT2D eigenvalue weighted by Gasteiger charge is -2.28. The number of ketones is 1. The molecule has 1 saturated heterocycles. The lowest BCUT2D eigenvalue weighted by atomic mass is 9.93. The topological polar surface area (TPSA) is 77.8 Å². The molecule has 0 spiro atoms. The highest BCUT2D eigenvalue weighted by atomic mass is 16.4. The van der Waals surface area contributed by atoms with E-state index in [2.05, 4.69) is 0 Å². The summed E-state index contributed by atoms with van der Waals surface area (Å²) >= 11 is 0. The molecule has 0 unspecified atom stereocenters. The van der Waals surface area contributed by atoms with Crippen LogP contribution in [0.1, 0.15) is 28.8 Å². The number of hydrogen-bond donors (Lipinski definition) is 2. The fraction of sp³-hybridized carbons (Fsp3) is 0.375. The minimum atomic E-state index is -0.874. The number of carbonyl (C=O) groups is 2. The van der Waals surface area contributed by atoms with Gasteiger partial charge >= 0.3 is 6.09 Å². The lowest BCUT2D eigenvalue weighted by Crippen LogP contribution is -2.37. The number of likely N-dealkylation sites (tertiary alicyclic amines) is 1. The summed E-state index contributed by atoms with van der Waals surface area (Å²) in [7, 11) is 0. The van der Waals surface area contributed by atoms with Crippen LogP contribution in [0.3, 0.4) is 0 Å². The van der Waals surface area contributed by atoms with Gasteiger partial charge in [0.1, 0.15) is 5.75 Å². The molecule has 0 aromatic heterocycles. The SMILES string of the molecule is O=C1C(=CC2CCN(C(=O)O)CC2)Cc2ccc(O)cc21. The third kappa shape index (κ3) is 2.63. The number of aromatic hydroxyl groups is 1. The van der Waals surface area contributed by atoms with Gasteiger partial charge in [-0.15, -0.1) is 0 Å². The second-order valence-corrected chi connectivity index (χ2v) is 5.65. The Bertz CT molecular complexity index is 627. The second-order valence-electron chi connectivity index (χ2n) is 5.65. The third-order valence-corrected chi connectivity index (χ3v) is 4.26. The molecule has 1 heterocycles. The van der Waals surface area contributed by atoms with Gasteiger partial charge in [0.05, 0.1) is 0 Å². The van der Waals surface area contributed by atoms with E-state index in [1.54, 1.807) is 12.1 Å². The Morgan fingerprint density at radius 1 is 1.29 bits per heavy atom. The van der Waals surface area contributed by atoms with Crippen molar-refractivity contribution in [2.75, 3.05) is 13.1 Å². The fourth-order valence-electron chi connectivity index (χ4n) is 3.06. The monoisotopic (exact) mass is 287 g/mol. The first-order chi connectivity index (χ1) is 10.0. The summed E-state index contributed by atoms with van der Waals surface area (Å²) in [5.41, 5.74) is 2.31. The maximum absolute atomic E-state index is 12.3. The molecule has 2 N–H and O–H groups in total. The molecule has 110 valence electrons. The zero-order valence-electron chi connectivity index (χ0n) is 11.6. The van der Waals surface area contributed by atoms with Crippen LogP contribution < -0.4 is 0 Å². The van der Waals surface area contributed by atoms with Crippen molar-refractivity contribution in [2.45, 2.75) is 19.3 Å². The number of Topliss-reactive ketones (excluding diaryl/α,β-unsaturated/α-hetero) is 1. The van der Waals surface area contributed by atoms with Crippen LogP contribution in [0.5, 0.6) is 5.75 Å². The van der Waals surface area contributed by atoms with E-state index in [9.17, 15) is 14.7 Å². The Balaban J connectivity index is 1.72. The van der Waals surface area contributed by atoms with Crippen molar-refractivity contribution in [3.63, 3.8) is 0 Å². The highest BCUT2D eigenvalue weighted by Crippen LogP contribution is 2.31. The van der Waals surface area contributed by atoms with Crippen LogP contribution in [-0.4, -0.2) is 40.1 Å². The van der Waals surface area contributed by atoms with Gasteiger partial charge in [-0.05, 0) is 36.5 Å². The average Bonchev–Trinajstić information content (AvgIpc) is 2.76. The molecule has 0 saturated carbocycles. The Kier molecular flexibility index (Phi) is 3.41. The van der Waals surface area contributed by atoms with Gasteiger partial charge in [0.25, 0.3) is 0 Å². The van der Waals surface area contributed by atoms with Crippen LogP contribution in [0.4, 0.5) is 4.79 Å². The first-order valence-electron chi connectivity index (χ1n) is 7.10. The van der Waals surface area contributed by atoms with Crippen molar-refractivity contribution in [2.24, 2.45) is 5.92 Å². The number of nitrogens with zero attached hydrogens (tertiary/aromatic N) is 1. The number of benzene rings is 1. The van der Waals surface area contributed by atoms with Crippen molar-refractivity contribution >= 4 is 11.9 Å². The number of carbonyl (C=O) groups excluding carboxylic acids is 1. The summed E-state index contributed by atoms with van der Waals surface area (Å²) in [5, 5.41) is 18.4. The normalized spacial score (nSPS) is 20.9. The summed E-state index contributed by atoms with van der Waals surface area (Å²) in [6.07, 6.45) is 3.24. The standard InChI is InChI=1S/C16H17NO4/c18-13-2-1-11-8-12(15(19)14(11)9-13)7-10-3-5-17(6-4-10)16(20)21/h1-2,7,9-10,18H,3-6,8H2,(H,20,21). The number of amides is 1. The summed E-state index contributed by atoms with van der Waals surface area (Å²) in [4.78, 5) is 24.6. The Morgan fingerprint density at radius 2 is 2.00 bits per heavy atom. The number of rotatable bonds is 1. The Hall–Kier alpha value is -2.30. The van der Waals surface area contributed by atoms with E-state index in [0.717, 1.165) is 24.0 Å². The quantitative estimate of drug-likeness (QED) is 0.778. The molecule has 5 heteroatoms. The van der Waals surface area contributed by atoms with Gasteiger partial charge in [0.15, 0.2) is 5.78 Å². The van der Waals surface area contributed by atoms with Gasteiger partial charge in [-0.1, -0.05) is 12.1 Å². The molecule has 2 aliphatic rings. The van der Waals surface area contributed by atoms with Crippen LogP contribution in [-0.2, 0) is 6.42 Å². The Labute approximate surface area is 122 Å². The van der Waals surface area contributed by atoms with E-state index in [-0.39, 0.29) is 17.5 Å². The minimum Gasteiger partial charge on any atom is -0.508 e. The maximum Gasteiger partial charge on any atom is 0.407 e. The molecule has 0 bridgehead atoms. The molecule has 1 fully saturated rings. The first kappa shape index (κ1) is 13.7. The van der Waals surface area contributed by atoms with Gasteiger partial charge < -0.3 is 15.1 Å². The fourth-order valence-corrected chi connectivity index (χ4v) is 3.06. The molecular formula is C16H17NO4. The first-order valence-corrected chi connectivity index (χ1v) is 7.10. The van der Waals surface area contributed by atoms with E-state index in [1.165, 1.54) is 11.0 Å². The third-order valence-electron chi connectivity index (χ3n) is 4.26. The van der Waals surface area contributed by atoms with Crippen molar-refractivity contribution in [3.8, 4) is 5.75 Å². The molecule has 1 aromatic carbocycles. The van der Waals surface area contributed by atoms with Crippen LogP contribution in [0, 0.1) is 5.92 Å². The zero-order valence-corrected chi connectivity index (χ0v) is 11.6. The van der Waals surface area contributed by atoms with E-state index < -0.39 is 6.09 Å². The van der Waals surface area contributed by atoms with Gasteiger partial charge in [-0.2, -0.15) is 0 Å². The zero-order chi connectivity index (χ0) is 15.0. The molecule has 5 nitrogen and oxygen atoms in total. The summed E-state index contributed by atoms with van der Waals surface area (Å²) in [5.74, 6) is 0.349. The Morgan fingerprint density at radius 3 is 2.67 bits per heavy atom. The number of hydrogen-bond acceptors (Lipinski definition) is 3. The molecule has 1 aliphatic carbocycles. The van der Waals surface area contributed by atoms with Crippen molar-refractivity contribution in [1.29, 1.82) is 0 Å². The molecular weight excluding hydrogens is 270 g/mol. The van der Waals surface area contributed by atoms with Crippen molar-refractivity contribution in [1.82, 2.24) is 4.90 Å². The van der Waals surface area contributed by atoms with Crippen LogP contribution in [0.2, 0.25) is 0 Å². The molecule has 3 rings (SSSR count). The predicted molar refractivity (Wildman–Crippen MR) is 76.5 cm³/mol. The number of piperidine rings is 1. The predicted octanol–water partition coefficient (Wildman–Crippen LogP) is 2.45. The molecule has 21 heavy (non-hydrogen) atoms. The lowest BCUT2D eigenvalue weighted by molar-refractivity contribution is 0.103. The molecule has 0 radical (unpaired) electrons. The van der Waals surface area contributed by atoms with Crippen molar-refractivity contribution < 1.29 is 19.8 Å². The van der Waals surface area contributed by atoms with E-state index >= 15 is 0 Å². The number of phenolic OH excluding ortho intramolecular Hbond substituents is 1. The van der Waals surface area contributed by atoms with E-state index in [4.69, 9.17) is 5.11 Å². The minimum absolute atomic E-state index is 0.0124. The number of phenols is 1. The highest BCUT2D eigenvalue weighted by molar-refractivity contribution is 6.13. The molecule has 1 amide bonds. The number of allylic oxidation sites excluding steroid dienone is 2. The van der Waals surface area contributed by atoms with Crippen LogP contribution >= 0.6 is 0 Å². The molecule has 1 aliphatic heterocycles. The number of carboxylic acid groups (broad SMARTS) is 1. The largest absolute Gasteiger partial charge is 0.508 e. The average molecular weight is 287 g/mol. The van der Waals surface area contributed by atoms with Gasteiger partial charge in [0.2, 0.25) is 0 Å². The van der Waals surface area contributed by atoms with E-state index in [1.807, 2.05) is 6.08 Å². The van der Waals surface area contributed by atoms with Crippen LogP contribution in [0.15, 0.2) is 29.8 Å². The van der Waals surface area contributed by atoms with Gasteiger partial charge in [-0.3, -0.25) is 4.79 Å². The summed E-state index contributed by atoms with van der Waals surface area (Å²) < 4.78 is 0. The van der Waals surface area contributed by atoms with Crippen molar-refractivity contribution in [3.05, 3.63) is 41.0 Å². The maximum atomic E-state index is 12.3. The number of fused-ring (bicyclic) bond motifs is 1. The van der Waals surface area contributed by atoms with Gasteiger partial charge in [0, 0.05) is 30.6 Å². The smallest absolute Gasteiger partial charge is 0.407 e. The van der Waals surface area contributed by atoms with Gasteiger partial charge in [-0.25, -0.2) is 4.79 Å². The molecule has 0 atom stereocenters. The summed E-state index contributed by atoms with van der Waals surface area (Å²) in [6, 6.07) is 4.91. The summed E-state index contributed by atoms with van der Waals surface area (Å²) in [6.45, 7) is 1.04.